The van der Waals surface area contributed by atoms with Gasteiger partial charge in [-0.1, -0.05) is 28.1 Å². The first-order valence-electron chi connectivity index (χ1n) is 5.67. The fourth-order valence-corrected chi connectivity index (χ4v) is 2.35. The SMILES string of the molecule is Cc1cc(Br)cc(NCc2ccc(C#N)cc2)c1. The molecule has 0 aliphatic rings. The highest BCUT2D eigenvalue weighted by Crippen LogP contribution is 2.19. The molecule has 3 heteroatoms. The molecule has 0 saturated carbocycles. The van der Waals surface area contributed by atoms with Gasteiger partial charge in [0.1, 0.15) is 0 Å². The van der Waals surface area contributed by atoms with Crippen LogP contribution in [0.1, 0.15) is 16.7 Å². The Hall–Kier alpha value is -1.79. The zero-order valence-corrected chi connectivity index (χ0v) is 11.7. The summed E-state index contributed by atoms with van der Waals surface area (Å²) in [5, 5.41) is 12.1. The first kappa shape index (κ1) is 12.7. The molecule has 2 aromatic rings. The Morgan fingerprint density at radius 2 is 1.89 bits per heavy atom. The minimum Gasteiger partial charge on any atom is -0.381 e. The number of nitrogens with one attached hydrogen (secondary N) is 1. The van der Waals surface area contributed by atoms with Crippen LogP contribution in [0.5, 0.6) is 0 Å². The number of hydrogen-bond acceptors (Lipinski definition) is 2. The summed E-state index contributed by atoms with van der Waals surface area (Å²) >= 11 is 3.48. The first-order chi connectivity index (χ1) is 8.67. The number of rotatable bonds is 3. The van der Waals surface area contributed by atoms with Crippen molar-refractivity contribution in [1.82, 2.24) is 0 Å². The van der Waals surface area contributed by atoms with E-state index in [1.165, 1.54) is 5.56 Å². The maximum Gasteiger partial charge on any atom is 0.0991 e. The molecule has 18 heavy (non-hydrogen) atoms. The van der Waals surface area contributed by atoms with Crippen molar-refractivity contribution >= 4 is 21.6 Å². The quantitative estimate of drug-likeness (QED) is 0.920. The smallest absolute Gasteiger partial charge is 0.0991 e. The van der Waals surface area contributed by atoms with Crippen LogP contribution in [0, 0.1) is 18.3 Å². The van der Waals surface area contributed by atoms with Crippen molar-refractivity contribution in [3.63, 3.8) is 0 Å². The molecule has 0 spiro atoms. The van der Waals surface area contributed by atoms with Gasteiger partial charge < -0.3 is 5.32 Å². The second-order valence-corrected chi connectivity index (χ2v) is 5.10. The van der Waals surface area contributed by atoms with Crippen LogP contribution in [0.3, 0.4) is 0 Å². The van der Waals surface area contributed by atoms with Crippen molar-refractivity contribution in [2.75, 3.05) is 5.32 Å². The van der Waals surface area contributed by atoms with Gasteiger partial charge in [0.15, 0.2) is 0 Å². The van der Waals surface area contributed by atoms with Crippen LogP contribution < -0.4 is 5.32 Å². The topological polar surface area (TPSA) is 35.8 Å². The maximum atomic E-state index is 8.73. The number of aryl methyl sites for hydroxylation is 1. The predicted molar refractivity (Wildman–Crippen MR) is 77.4 cm³/mol. The molecule has 0 unspecified atom stereocenters. The van der Waals surface area contributed by atoms with Crippen LogP contribution in [0.2, 0.25) is 0 Å². The number of benzene rings is 2. The highest BCUT2D eigenvalue weighted by atomic mass is 79.9. The Morgan fingerprint density at radius 1 is 1.17 bits per heavy atom. The molecule has 0 aromatic heterocycles. The van der Waals surface area contributed by atoms with Crippen molar-refractivity contribution in [2.24, 2.45) is 0 Å². The van der Waals surface area contributed by atoms with Gasteiger partial charge in [0.2, 0.25) is 0 Å². The Labute approximate surface area is 115 Å². The van der Waals surface area contributed by atoms with Gasteiger partial charge in [0, 0.05) is 16.7 Å². The second kappa shape index (κ2) is 5.70. The Bertz CT molecular complexity index is 562. The summed E-state index contributed by atoms with van der Waals surface area (Å²) in [5.41, 5.74) is 4.15. The summed E-state index contributed by atoms with van der Waals surface area (Å²) in [6.45, 7) is 2.82. The van der Waals surface area contributed by atoms with Gasteiger partial charge in [0.25, 0.3) is 0 Å². The third-order valence-electron chi connectivity index (χ3n) is 2.62. The summed E-state index contributed by atoms with van der Waals surface area (Å²) in [7, 11) is 0. The zero-order chi connectivity index (χ0) is 13.0. The molecular formula is C15H13BrN2. The lowest BCUT2D eigenvalue weighted by molar-refractivity contribution is 1.14. The van der Waals surface area contributed by atoms with Gasteiger partial charge in [0.05, 0.1) is 11.6 Å². The lowest BCUT2D eigenvalue weighted by Gasteiger charge is -2.08. The number of hydrogen-bond donors (Lipinski definition) is 1. The minimum atomic E-state index is 0.692. The lowest BCUT2D eigenvalue weighted by atomic mass is 10.1. The lowest BCUT2D eigenvalue weighted by Crippen LogP contribution is -1.99. The van der Waals surface area contributed by atoms with E-state index >= 15 is 0 Å². The molecule has 0 heterocycles. The number of nitrogens with zero attached hydrogens (tertiary/aromatic N) is 1. The van der Waals surface area contributed by atoms with Crippen LogP contribution >= 0.6 is 15.9 Å². The highest BCUT2D eigenvalue weighted by Gasteiger charge is 1.97. The van der Waals surface area contributed by atoms with Crippen LogP contribution in [0.4, 0.5) is 5.69 Å². The molecule has 2 nitrogen and oxygen atoms in total. The highest BCUT2D eigenvalue weighted by molar-refractivity contribution is 9.10. The third-order valence-corrected chi connectivity index (χ3v) is 3.08. The molecule has 0 atom stereocenters. The largest absolute Gasteiger partial charge is 0.381 e. The van der Waals surface area contributed by atoms with Crippen LogP contribution in [0.15, 0.2) is 46.9 Å². The molecule has 0 amide bonds. The predicted octanol–water partition coefficient (Wildman–Crippen LogP) is 4.24. The van der Waals surface area contributed by atoms with E-state index in [1.807, 2.05) is 24.3 Å². The van der Waals surface area contributed by atoms with Gasteiger partial charge in [-0.15, -0.1) is 0 Å². The average molecular weight is 301 g/mol. The van der Waals surface area contributed by atoms with E-state index in [0.717, 1.165) is 22.3 Å². The molecule has 0 radical (unpaired) electrons. The second-order valence-electron chi connectivity index (χ2n) is 4.18. The van der Waals surface area contributed by atoms with Crippen LogP contribution in [-0.4, -0.2) is 0 Å². The molecule has 0 aliphatic carbocycles. The van der Waals surface area contributed by atoms with Crippen LogP contribution in [-0.2, 0) is 6.54 Å². The fraction of sp³-hybridized carbons (Fsp3) is 0.133. The molecule has 90 valence electrons. The summed E-state index contributed by atoms with van der Waals surface area (Å²) in [4.78, 5) is 0. The monoisotopic (exact) mass is 300 g/mol. The van der Waals surface area contributed by atoms with Crippen molar-refractivity contribution in [3.05, 3.63) is 63.6 Å². The maximum absolute atomic E-state index is 8.73. The van der Waals surface area contributed by atoms with Gasteiger partial charge in [-0.05, 0) is 48.4 Å². The van der Waals surface area contributed by atoms with E-state index in [9.17, 15) is 0 Å². The number of nitriles is 1. The van der Waals surface area contributed by atoms with E-state index in [4.69, 9.17) is 5.26 Å². The van der Waals surface area contributed by atoms with E-state index in [2.05, 4.69) is 52.4 Å². The Kier molecular flexibility index (Phi) is 4.01. The van der Waals surface area contributed by atoms with E-state index in [0.29, 0.717) is 5.56 Å². The summed E-state index contributed by atoms with van der Waals surface area (Å²) in [6, 6.07) is 16.0. The summed E-state index contributed by atoms with van der Waals surface area (Å²) in [5.74, 6) is 0. The summed E-state index contributed by atoms with van der Waals surface area (Å²) < 4.78 is 1.07. The molecule has 2 aromatic carbocycles. The van der Waals surface area contributed by atoms with Crippen LogP contribution in [0.25, 0.3) is 0 Å². The standard InChI is InChI=1S/C15H13BrN2/c1-11-6-14(16)8-15(7-11)18-10-13-4-2-12(9-17)3-5-13/h2-8,18H,10H2,1H3. The Morgan fingerprint density at radius 3 is 2.50 bits per heavy atom. The fourth-order valence-electron chi connectivity index (χ4n) is 1.74. The minimum absolute atomic E-state index is 0.692. The zero-order valence-electron chi connectivity index (χ0n) is 10.1. The van der Waals surface area contributed by atoms with Gasteiger partial charge >= 0.3 is 0 Å². The van der Waals surface area contributed by atoms with Crippen molar-refractivity contribution in [2.45, 2.75) is 13.5 Å². The van der Waals surface area contributed by atoms with Gasteiger partial charge in [-0.3, -0.25) is 0 Å². The average Bonchev–Trinajstić information content (AvgIpc) is 2.36. The van der Waals surface area contributed by atoms with Crippen molar-refractivity contribution < 1.29 is 0 Å². The van der Waals surface area contributed by atoms with E-state index in [1.54, 1.807) is 0 Å². The van der Waals surface area contributed by atoms with Gasteiger partial charge in [-0.25, -0.2) is 0 Å². The molecule has 0 fully saturated rings. The molecular weight excluding hydrogens is 288 g/mol. The first-order valence-corrected chi connectivity index (χ1v) is 6.47. The number of anilines is 1. The van der Waals surface area contributed by atoms with Gasteiger partial charge in [-0.2, -0.15) is 5.26 Å². The number of halogens is 1. The molecule has 1 N–H and O–H groups in total. The molecule has 0 saturated heterocycles. The molecule has 0 bridgehead atoms. The van der Waals surface area contributed by atoms with E-state index in [-0.39, 0.29) is 0 Å². The third kappa shape index (κ3) is 3.35. The molecule has 2 rings (SSSR count). The summed E-state index contributed by atoms with van der Waals surface area (Å²) in [6.07, 6.45) is 0. The van der Waals surface area contributed by atoms with E-state index < -0.39 is 0 Å². The van der Waals surface area contributed by atoms with Crippen molar-refractivity contribution in [3.8, 4) is 6.07 Å². The Balaban J connectivity index is 2.04. The van der Waals surface area contributed by atoms with Crippen molar-refractivity contribution in [1.29, 1.82) is 5.26 Å². The molecule has 0 aliphatic heterocycles. The normalized spacial score (nSPS) is 9.83.